The number of piperazine rings is 1. The Bertz CT molecular complexity index is 1020. The van der Waals surface area contributed by atoms with E-state index in [0.29, 0.717) is 55.8 Å². The number of halogens is 1. The van der Waals surface area contributed by atoms with E-state index in [0.717, 1.165) is 5.69 Å². The molecule has 0 radical (unpaired) electrons. The van der Waals surface area contributed by atoms with Gasteiger partial charge in [-0.3, -0.25) is 4.79 Å². The topological polar surface area (TPSA) is 70.2 Å². The van der Waals surface area contributed by atoms with Crippen molar-refractivity contribution in [2.75, 3.05) is 49.1 Å². The second-order valence-corrected chi connectivity index (χ2v) is 9.39. The van der Waals surface area contributed by atoms with Gasteiger partial charge in [0, 0.05) is 43.8 Å². The summed E-state index contributed by atoms with van der Waals surface area (Å²) in [5.41, 5.74) is 1.53. The lowest BCUT2D eigenvalue weighted by atomic mass is 10.2. The van der Waals surface area contributed by atoms with Crippen molar-refractivity contribution in [1.29, 1.82) is 0 Å². The lowest BCUT2D eigenvalue weighted by Crippen LogP contribution is -2.48. The number of nitrogens with zero attached hydrogens (tertiary/aromatic N) is 3. The van der Waals surface area contributed by atoms with Crippen LogP contribution in [0.2, 0.25) is 5.02 Å². The number of amides is 1. The Morgan fingerprint density at radius 2 is 1.69 bits per heavy atom. The van der Waals surface area contributed by atoms with Gasteiger partial charge in [-0.25, -0.2) is 8.42 Å². The minimum Gasteiger partial charge on any atom is -0.490 e. The maximum Gasteiger partial charge on any atom is 0.243 e. The van der Waals surface area contributed by atoms with Crippen LogP contribution in [0.5, 0.6) is 5.75 Å². The van der Waals surface area contributed by atoms with Crippen LogP contribution in [0.15, 0.2) is 47.4 Å². The summed E-state index contributed by atoms with van der Waals surface area (Å²) in [4.78, 5) is 15.8. The number of fused-ring (bicyclic) bond motifs is 1. The van der Waals surface area contributed by atoms with E-state index in [1.807, 2.05) is 24.3 Å². The van der Waals surface area contributed by atoms with Crippen molar-refractivity contribution >= 4 is 38.9 Å². The van der Waals surface area contributed by atoms with Crippen LogP contribution in [0.1, 0.15) is 6.92 Å². The van der Waals surface area contributed by atoms with Crippen LogP contribution in [0.25, 0.3) is 0 Å². The zero-order valence-corrected chi connectivity index (χ0v) is 17.6. The Balaban J connectivity index is 1.53. The standard InChI is InChI=1S/C20H22ClN3O4S/c1-15(25)24-12-13-28-20-7-6-18(14-19(20)24)29(26,27)23-10-8-22(9-11-23)17-4-2-16(21)3-5-17/h2-7,14H,8-13H2,1H3. The van der Waals surface area contributed by atoms with Gasteiger partial charge in [0.05, 0.1) is 17.1 Å². The summed E-state index contributed by atoms with van der Waals surface area (Å²) < 4.78 is 33.4. The highest BCUT2D eigenvalue weighted by atomic mass is 35.5. The zero-order valence-electron chi connectivity index (χ0n) is 16.0. The molecule has 1 amide bonds. The number of carbonyl (C=O) groups is 1. The monoisotopic (exact) mass is 435 g/mol. The average Bonchev–Trinajstić information content (AvgIpc) is 2.73. The van der Waals surface area contributed by atoms with Crippen molar-refractivity contribution in [1.82, 2.24) is 4.31 Å². The highest BCUT2D eigenvalue weighted by Gasteiger charge is 2.31. The molecule has 0 unspecified atom stereocenters. The first-order valence-electron chi connectivity index (χ1n) is 9.42. The number of anilines is 2. The lowest BCUT2D eigenvalue weighted by Gasteiger charge is -2.35. The van der Waals surface area contributed by atoms with Crippen LogP contribution in [-0.4, -0.2) is 58.0 Å². The van der Waals surface area contributed by atoms with Gasteiger partial charge in [0.2, 0.25) is 15.9 Å². The third-order valence-corrected chi connectivity index (χ3v) is 7.39. The highest BCUT2D eigenvalue weighted by molar-refractivity contribution is 7.89. The van der Waals surface area contributed by atoms with Crippen molar-refractivity contribution in [3.63, 3.8) is 0 Å². The van der Waals surface area contributed by atoms with Crippen LogP contribution < -0.4 is 14.5 Å². The number of ether oxygens (including phenoxy) is 1. The number of hydrogen-bond acceptors (Lipinski definition) is 5. The molecule has 2 aromatic carbocycles. The Morgan fingerprint density at radius 1 is 1.00 bits per heavy atom. The smallest absolute Gasteiger partial charge is 0.243 e. The minimum atomic E-state index is -3.66. The third-order valence-electron chi connectivity index (χ3n) is 5.24. The summed E-state index contributed by atoms with van der Waals surface area (Å²) >= 11 is 5.94. The number of sulfonamides is 1. The first-order valence-corrected chi connectivity index (χ1v) is 11.2. The van der Waals surface area contributed by atoms with Crippen LogP contribution in [0.3, 0.4) is 0 Å². The summed E-state index contributed by atoms with van der Waals surface area (Å²) in [5, 5.41) is 0.672. The molecule has 7 nitrogen and oxygen atoms in total. The Labute approximate surface area is 175 Å². The molecular formula is C20H22ClN3O4S. The van der Waals surface area contributed by atoms with E-state index < -0.39 is 10.0 Å². The van der Waals surface area contributed by atoms with Gasteiger partial charge in [0.1, 0.15) is 12.4 Å². The van der Waals surface area contributed by atoms with Gasteiger partial charge >= 0.3 is 0 Å². The van der Waals surface area contributed by atoms with Gasteiger partial charge in [-0.1, -0.05) is 11.6 Å². The molecule has 4 rings (SSSR count). The first kappa shape index (κ1) is 20.0. The largest absolute Gasteiger partial charge is 0.490 e. The molecular weight excluding hydrogens is 414 g/mol. The number of carbonyl (C=O) groups excluding carboxylic acids is 1. The van der Waals surface area contributed by atoms with Crippen molar-refractivity contribution < 1.29 is 17.9 Å². The molecule has 29 heavy (non-hydrogen) atoms. The Hall–Kier alpha value is -2.29. The highest BCUT2D eigenvalue weighted by Crippen LogP contribution is 2.35. The molecule has 0 atom stereocenters. The summed E-state index contributed by atoms with van der Waals surface area (Å²) in [6, 6.07) is 12.2. The summed E-state index contributed by atoms with van der Waals surface area (Å²) in [6.45, 7) is 4.22. The predicted molar refractivity (Wildman–Crippen MR) is 112 cm³/mol. The van der Waals surface area contributed by atoms with E-state index in [1.165, 1.54) is 17.3 Å². The molecule has 1 saturated heterocycles. The summed E-state index contributed by atoms with van der Waals surface area (Å²) in [7, 11) is -3.66. The van der Waals surface area contributed by atoms with Gasteiger partial charge in [-0.2, -0.15) is 4.31 Å². The van der Waals surface area contributed by atoms with Crippen LogP contribution in [-0.2, 0) is 14.8 Å². The van der Waals surface area contributed by atoms with Gasteiger partial charge in [0.15, 0.2) is 0 Å². The van der Waals surface area contributed by atoms with E-state index in [4.69, 9.17) is 16.3 Å². The van der Waals surface area contributed by atoms with E-state index in [1.54, 1.807) is 17.0 Å². The molecule has 0 spiro atoms. The van der Waals surface area contributed by atoms with E-state index in [2.05, 4.69) is 4.90 Å². The van der Waals surface area contributed by atoms with Gasteiger partial charge < -0.3 is 14.5 Å². The van der Waals surface area contributed by atoms with E-state index in [9.17, 15) is 13.2 Å². The molecule has 1 fully saturated rings. The van der Waals surface area contributed by atoms with Gasteiger partial charge in [-0.05, 0) is 42.5 Å². The zero-order chi connectivity index (χ0) is 20.6. The predicted octanol–water partition coefficient (Wildman–Crippen LogP) is 2.60. The minimum absolute atomic E-state index is 0.138. The van der Waals surface area contributed by atoms with Crippen molar-refractivity contribution in [2.24, 2.45) is 0 Å². The number of benzene rings is 2. The molecule has 154 valence electrons. The first-order chi connectivity index (χ1) is 13.9. The molecule has 2 aliphatic heterocycles. The molecule has 2 aromatic rings. The maximum absolute atomic E-state index is 13.2. The molecule has 0 aliphatic carbocycles. The fraction of sp³-hybridized carbons (Fsp3) is 0.350. The fourth-order valence-electron chi connectivity index (χ4n) is 3.67. The second-order valence-electron chi connectivity index (χ2n) is 7.02. The summed E-state index contributed by atoms with van der Waals surface area (Å²) in [5.74, 6) is 0.388. The van der Waals surface area contributed by atoms with Crippen LogP contribution in [0.4, 0.5) is 11.4 Å². The SMILES string of the molecule is CC(=O)N1CCOc2ccc(S(=O)(=O)N3CCN(c4ccc(Cl)cc4)CC3)cc21. The van der Waals surface area contributed by atoms with Crippen LogP contribution in [0, 0.1) is 0 Å². The average molecular weight is 436 g/mol. The summed E-state index contributed by atoms with van der Waals surface area (Å²) in [6.07, 6.45) is 0. The molecule has 0 N–H and O–H groups in total. The molecule has 2 heterocycles. The van der Waals surface area contributed by atoms with Crippen molar-refractivity contribution in [2.45, 2.75) is 11.8 Å². The number of hydrogen-bond donors (Lipinski definition) is 0. The van der Waals surface area contributed by atoms with E-state index >= 15 is 0 Å². The lowest BCUT2D eigenvalue weighted by molar-refractivity contribution is -0.116. The molecule has 9 heteroatoms. The molecule has 0 bridgehead atoms. The normalized spacial score (nSPS) is 17.6. The van der Waals surface area contributed by atoms with Crippen molar-refractivity contribution in [3.8, 4) is 5.75 Å². The van der Waals surface area contributed by atoms with E-state index in [-0.39, 0.29) is 10.8 Å². The number of rotatable bonds is 3. The molecule has 0 saturated carbocycles. The van der Waals surface area contributed by atoms with Gasteiger partial charge in [0.25, 0.3) is 0 Å². The maximum atomic E-state index is 13.2. The fourth-order valence-corrected chi connectivity index (χ4v) is 5.24. The Kier molecular flexibility index (Phi) is 5.42. The van der Waals surface area contributed by atoms with Crippen molar-refractivity contribution in [3.05, 3.63) is 47.5 Å². The molecule has 0 aromatic heterocycles. The molecule has 2 aliphatic rings. The Morgan fingerprint density at radius 3 is 2.34 bits per heavy atom. The second kappa shape index (κ2) is 7.85. The quantitative estimate of drug-likeness (QED) is 0.741. The van der Waals surface area contributed by atoms with Crippen LogP contribution >= 0.6 is 11.6 Å². The van der Waals surface area contributed by atoms with Gasteiger partial charge in [-0.15, -0.1) is 0 Å². The third kappa shape index (κ3) is 3.92.